The molecule has 0 saturated heterocycles. The maximum atomic E-state index is 11.7. The number of unbranched alkanes of at least 4 members (excludes halogenated alkanes) is 1. The molecule has 1 rings (SSSR count). The van der Waals surface area contributed by atoms with Crippen molar-refractivity contribution in [2.75, 3.05) is 0 Å². The van der Waals surface area contributed by atoms with Crippen molar-refractivity contribution in [3.05, 3.63) is 0 Å². The Morgan fingerprint density at radius 2 is 2.12 bits per heavy atom. The molecular formula is C12H24N2O2. The van der Waals surface area contributed by atoms with Crippen LogP contribution in [0.1, 0.15) is 51.9 Å². The average Bonchev–Trinajstić information content (AvgIpc) is 2.77. The molecule has 1 unspecified atom stereocenters. The highest BCUT2D eigenvalue weighted by molar-refractivity contribution is 5.81. The van der Waals surface area contributed by atoms with E-state index in [0.717, 1.165) is 25.7 Å². The second-order valence-corrected chi connectivity index (χ2v) is 4.74. The summed E-state index contributed by atoms with van der Waals surface area (Å²) in [5.41, 5.74) is 5.77. The zero-order chi connectivity index (χ0) is 12.0. The van der Waals surface area contributed by atoms with Gasteiger partial charge in [0.1, 0.15) is 6.10 Å². The Labute approximate surface area is 97.6 Å². The van der Waals surface area contributed by atoms with Crippen LogP contribution in [0.3, 0.4) is 0 Å². The van der Waals surface area contributed by atoms with Crippen molar-refractivity contribution in [1.82, 2.24) is 5.32 Å². The Morgan fingerprint density at radius 1 is 1.50 bits per heavy atom. The summed E-state index contributed by atoms with van der Waals surface area (Å²) in [4.78, 5) is 11.7. The van der Waals surface area contributed by atoms with Crippen molar-refractivity contribution in [1.29, 1.82) is 0 Å². The molecule has 94 valence electrons. The summed E-state index contributed by atoms with van der Waals surface area (Å²) >= 11 is 0. The largest absolute Gasteiger partial charge is 0.382 e. The van der Waals surface area contributed by atoms with Crippen molar-refractivity contribution in [3.63, 3.8) is 0 Å². The Morgan fingerprint density at radius 3 is 2.69 bits per heavy atom. The molecule has 4 N–H and O–H groups in total. The summed E-state index contributed by atoms with van der Waals surface area (Å²) in [6, 6.07) is -0.179. The zero-order valence-corrected chi connectivity index (χ0v) is 10.1. The molecule has 0 radical (unpaired) electrons. The van der Waals surface area contributed by atoms with E-state index in [9.17, 15) is 9.90 Å². The third-order valence-electron chi connectivity index (χ3n) is 3.27. The van der Waals surface area contributed by atoms with Gasteiger partial charge >= 0.3 is 0 Å². The Balaban J connectivity index is 2.28. The number of carbonyl (C=O) groups excluding carboxylic acids is 1. The van der Waals surface area contributed by atoms with Gasteiger partial charge in [0, 0.05) is 12.1 Å². The fourth-order valence-electron chi connectivity index (χ4n) is 2.15. The molecule has 16 heavy (non-hydrogen) atoms. The molecule has 1 fully saturated rings. The molecule has 1 saturated carbocycles. The Hall–Kier alpha value is -0.610. The van der Waals surface area contributed by atoms with E-state index in [1.807, 2.05) is 0 Å². The van der Waals surface area contributed by atoms with E-state index in [1.54, 1.807) is 0 Å². The summed E-state index contributed by atoms with van der Waals surface area (Å²) < 4.78 is 0. The third kappa shape index (κ3) is 4.10. The molecule has 1 aliphatic carbocycles. The van der Waals surface area contributed by atoms with Crippen molar-refractivity contribution >= 4 is 5.91 Å². The topological polar surface area (TPSA) is 75.3 Å². The lowest BCUT2D eigenvalue weighted by Crippen LogP contribution is -2.48. The highest BCUT2D eigenvalue weighted by atomic mass is 16.3. The molecule has 1 amide bonds. The second kappa shape index (κ2) is 6.86. The van der Waals surface area contributed by atoms with Crippen LogP contribution in [0, 0.1) is 0 Å². The predicted octanol–water partition coefficient (Wildman–Crippen LogP) is 0.924. The number of amides is 1. The number of aliphatic hydroxyl groups is 1. The first kappa shape index (κ1) is 13.5. The normalized spacial score (nSPS) is 20.7. The summed E-state index contributed by atoms with van der Waals surface area (Å²) in [5.74, 6) is -0.296. The van der Waals surface area contributed by atoms with Crippen LogP contribution in [0.2, 0.25) is 0 Å². The van der Waals surface area contributed by atoms with Crippen molar-refractivity contribution < 1.29 is 9.90 Å². The standard InChI is InChI=1S/C12H24N2O2/c1-2-3-8-10(13)11(15)12(16)14-9-6-4-5-7-9/h9-11,15H,2-8,13H2,1H3,(H,14,16)/t10-,11?/m0/s1. The van der Waals surface area contributed by atoms with Gasteiger partial charge in [-0.3, -0.25) is 4.79 Å². The SMILES string of the molecule is CCCC[C@H](N)C(O)C(=O)NC1CCCC1. The first-order valence-electron chi connectivity index (χ1n) is 6.39. The second-order valence-electron chi connectivity index (χ2n) is 4.74. The first-order valence-corrected chi connectivity index (χ1v) is 6.39. The molecule has 0 aromatic carbocycles. The molecule has 1 aliphatic rings. The molecule has 0 bridgehead atoms. The number of rotatable bonds is 6. The predicted molar refractivity (Wildman–Crippen MR) is 63.9 cm³/mol. The molecule has 4 heteroatoms. The van der Waals surface area contributed by atoms with E-state index in [4.69, 9.17) is 5.73 Å². The van der Waals surface area contributed by atoms with Gasteiger partial charge in [-0.1, -0.05) is 32.6 Å². The van der Waals surface area contributed by atoms with E-state index in [0.29, 0.717) is 6.42 Å². The summed E-state index contributed by atoms with van der Waals surface area (Å²) in [6.45, 7) is 2.07. The molecule has 0 aromatic heterocycles. The van der Waals surface area contributed by atoms with E-state index in [1.165, 1.54) is 12.8 Å². The van der Waals surface area contributed by atoms with Crippen LogP contribution in [-0.4, -0.2) is 29.2 Å². The molecule has 0 heterocycles. The van der Waals surface area contributed by atoms with Crippen LogP contribution < -0.4 is 11.1 Å². The lowest BCUT2D eigenvalue weighted by molar-refractivity contribution is -0.131. The van der Waals surface area contributed by atoms with Crippen LogP contribution >= 0.6 is 0 Å². The Bertz CT molecular complexity index is 215. The molecule has 4 nitrogen and oxygen atoms in total. The van der Waals surface area contributed by atoms with E-state index in [-0.39, 0.29) is 11.9 Å². The smallest absolute Gasteiger partial charge is 0.250 e. The van der Waals surface area contributed by atoms with Crippen LogP contribution in [0.25, 0.3) is 0 Å². The maximum Gasteiger partial charge on any atom is 0.250 e. The number of aliphatic hydroxyl groups excluding tert-OH is 1. The van der Waals surface area contributed by atoms with E-state index >= 15 is 0 Å². The minimum Gasteiger partial charge on any atom is -0.382 e. The van der Waals surface area contributed by atoms with Crippen LogP contribution in [0.4, 0.5) is 0 Å². The van der Waals surface area contributed by atoms with Gasteiger partial charge in [-0.05, 0) is 19.3 Å². The van der Waals surface area contributed by atoms with Crippen molar-refractivity contribution in [2.45, 2.75) is 70.1 Å². The first-order chi connectivity index (χ1) is 7.65. The van der Waals surface area contributed by atoms with Gasteiger partial charge in [0.15, 0.2) is 0 Å². The highest BCUT2D eigenvalue weighted by Crippen LogP contribution is 2.17. The molecule has 0 aromatic rings. The van der Waals surface area contributed by atoms with E-state index in [2.05, 4.69) is 12.2 Å². The number of hydrogen-bond donors (Lipinski definition) is 3. The van der Waals surface area contributed by atoms with Gasteiger partial charge in [0.2, 0.25) is 0 Å². The van der Waals surface area contributed by atoms with Crippen molar-refractivity contribution in [3.8, 4) is 0 Å². The molecule has 0 aliphatic heterocycles. The van der Waals surface area contributed by atoms with Gasteiger partial charge in [-0.2, -0.15) is 0 Å². The zero-order valence-electron chi connectivity index (χ0n) is 10.1. The lowest BCUT2D eigenvalue weighted by atomic mass is 10.0. The van der Waals surface area contributed by atoms with E-state index < -0.39 is 12.1 Å². The van der Waals surface area contributed by atoms with Gasteiger partial charge in [-0.25, -0.2) is 0 Å². The van der Waals surface area contributed by atoms with Gasteiger partial charge < -0.3 is 16.2 Å². The van der Waals surface area contributed by atoms with Gasteiger partial charge in [0.25, 0.3) is 5.91 Å². The number of nitrogens with two attached hydrogens (primary N) is 1. The maximum absolute atomic E-state index is 11.7. The number of nitrogens with one attached hydrogen (secondary N) is 1. The molecule has 0 spiro atoms. The van der Waals surface area contributed by atoms with Gasteiger partial charge in [0.05, 0.1) is 0 Å². The molecule has 2 atom stereocenters. The fourth-order valence-corrected chi connectivity index (χ4v) is 2.15. The van der Waals surface area contributed by atoms with Crippen molar-refractivity contribution in [2.24, 2.45) is 5.73 Å². The minimum absolute atomic E-state index is 0.250. The number of carbonyl (C=O) groups is 1. The van der Waals surface area contributed by atoms with Gasteiger partial charge in [-0.15, -0.1) is 0 Å². The summed E-state index contributed by atoms with van der Waals surface area (Å²) in [7, 11) is 0. The summed E-state index contributed by atoms with van der Waals surface area (Å²) in [6.07, 6.45) is 6.04. The van der Waals surface area contributed by atoms with Crippen LogP contribution in [0.5, 0.6) is 0 Å². The average molecular weight is 228 g/mol. The van der Waals surface area contributed by atoms with Crippen LogP contribution in [-0.2, 0) is 4.79 Å². The Kier molecular flexibility index (Phi) is 5.77. The fraction of sp³-hybridized carbons (Fsp3) is 0.917. The number of hydrogen-bond acceptors (Lipinski definition) is 3. The highest BCUT2D eigenvalue weighted by Gasteiger charge is 2.25. The quantitative estimate of drug-likeness (QED) is 0.633. The minimum atomic E-state index is -1.05. The monoisotopic (exact) mass is 228 g/mol. The summed E-state index contributed by atoms with van der Waals surface area (Å²) in [5, 5.41) is 12.6. The lowest BCUT2D eigenvalue weighted by Gasteiger charge is -2.20. The molecular weight excluding hydrogens is 204 g/mol. The van der Waals surface area contributed by atoms with Crippen LogP contribution in [0.15, 0.2) is 0 Å². The third-order valence-corrected chi connectivity index (χ3v) is 3.27.